The largest absolute Gasteiger partial charge is 0.276 e. The molecular weight excluding hydrogens is 274 g/mol. The molecule has 0 saturated carbocycles. The molecule has 19 heavy (non-hydrogen) atoms. The number of hydrazone groups is 1. The van der Waals surface area contributed by atoms with Crippen molar-refractivity contribution in [2.24, 2.45) is 5.10 Å². The molecular formula is C12H9ClF2N4. The Morgan fingerprint density at radius 3 is 2.79 bits per heavy atom. The summed E-state index contributed by atoms with van der Waals surface area (Å²) in [5.41, 5.74) is 3.69. The molecule has 0 unspecified atom stereocenters. The maximum Gasteiger partial charge on any atom is 0.151 e. The quantitative estimate of drug-likeness (QED) is 0.534. The molecule has 1 aromatic carbocycles. The van der Waals surface area contributed by atoms with Crippen molar-refractivity contribution in [1.29, 1.82) is 0 Å². The van der Waals surface area contributed by atoms with Crippen LogP contribution in [-0.2, 0) is 0 Å². The molecule has 0 aliphatic carbocycles. The van der Waals surface area contributed by atoms with Crippen LogP contribution in [0.4, 0.5) is 14.5 Å². The zero-order valence-corrected chi connectivity index (χ0v) is 10.6. The van der Waals surface area contributed by atoms with E-state index in [1.165, 1.54) is 18.6 Å². The van der Waals surface area contributed by atoms with Gasteiger partial charge in [0.25, 0.3) is 0 Å². The first-order chi connectivity index (χ1) is 9.08. The molecule has 2 rings (SSSR count). The molecule has 0 aliphatic rings. The number of aryl methyl sites for hydroxylation is 1. The summed E-state index contributed by atoms with van der Waals surface area (Å²) in [6, 6.07) is 3.14. The third-order valence-electron chi connectivity index (χ3n) is 2.34. The molecule has 0 atom stereocenters. The molecule has 4 nitrogen and oxygen atoms in total. The van der Waals surface area contributed by atoms with Crippen LogP contribution in [0.25, 0.3) is 0 Å². The zero-order chi connectivity index (χ0) is 13.8. The zero-order valence-electron chi connectivity index (χ0n) is 9.86. The Labute approximate surface area is 113 Å². The third kappa shape index (κ3) is 3.23. The number of anilines is 1. The van der Waals surface area contributed by atoms with Gasteiger partial charge in [0.1, 0.15) is 17.3 Å². The molecule has 0 fully saturated rings. The Bertz CT molecular complexity index is 611. The number of nitrogens with zero attached hydrogens (tertiary/aromatic N) is 3. The van der Waals surface area contributed by atoms with Gasteiger partial charge in [-0.2, -0.15) is 5.10 Å². The maximum atomic E-state index is 13.3. The van der Waals surface area contributed by atoms with Crippen molar-refractivity contribution in [2.45, 2.75) is 6.92 Å². The number of benzene rings is 1. The molecule has 0 aliphatic heterocycles. The summed E-state index contributed by atoms with van der Waals surface area (Å²) in [4.78, 5) is 7.76. The molecule has 0 bridgehead atoms. The Balaban J connectivity index is 2.16. The van der Waals surface area contributed by atoms with E-state index in [0.717, 1.165) is 12.1 Å². The summed E-state index contributed by atoms with van der Waals surface area (Å²) < 4.78 is 26.0. The van der Waals surface area contributed by atoms with Gasteiger partial charge < -0.3 is 0 Å². The van der Waals surface area contributed by atoms with Gasteiger partial charge in [0.2, 0.25) is 0 Å². The van der Waals surface area contributed by atoms with E-state index >= 15 is 0 Å². The summed E-state index contributed by atoms with van der Waals surface area (Å²) >= 11 is 5.87. The third-order valence-corrected chi connectivity index (χ3v) is 2.65. The number of hydrogen-bond donors (Lipinski definition) is 1. The van der Waals surface area contributed by atoms with Crippen LogP contribution in [0.1, 0.15) is 11.3 Å². The Kier molecular flexibility index (Phi) is 4.01. The second kappa shape index (κ2) is 5.71. The van der Waals surface area contributed by atoms with Gasteiger partial charge in [0.15, 0.2) is 5.82 Å². The van der Waals surface area contributed by atoms with Gasteiger partial charge in [-0.3, -0.25) is 5.43 Å². The van der Waals surface area contributed by atoms with Crippen molar-refractivity contribution >= 4 is 23.5 Å². The Hall–Kier alpha value is -2.08. The average Bonchev–Trinajstić information content (AvgIpc) is 2.35. The van der Waals surface area contributed by atoms with Gasteiger partial charge in [0, 0.05) is 6.07 Å². The second-order valence-electron chi connectivity index (χ2n) is 3.66. The van der Waals surface area contributed by atoms with E-state index in [1.807, 2.05) is 0 Å². The van der Waals surface area contributed by atoms with Crippen molar-refractivity contribution in [3.8, 4) is 0 Å². The van der Waals surface area contributed by atoms with Gasteiger partial charge in [-0.15, -0.1) is 0 Å². The fourth-order valence-electron chi connectivity index (χ4n) is 1.35. The van der Waals surface area contributed by atoms with Gasteiger partial charge in [-0.05, 0) is 19.1 Å². The molecule has 1 N–H and O–H groups in total. The first-order valence-electron chi connectivity index (χ1n) is 5.29. The highest BCUT2D eigenvalue weighted by Gasteiger charge is 2.04. The SMILES string of the molecule is Cc1ncnc(Cl)c1/C=N\Nc1ccc(F)cc1F. The number of rotatable bonds is 3. The minimum absolute atomic E-state index is 0.0586. The molecule has 2 aromatic rings. The van der Waals surface area contributed by atoms with E-state index in [4.69, 9.17) is 11.6 Å². The molecule has 98 valence electrons. The minimum atomic E-state index is -0.732. The topological polar surface area (TPSA) is 50.2 Å². The monoisotopic (exact) mass is 282 g/mol. The fraction of sp³-hybridized carbons (Fsp3) is 0.0833. The first kappa shape index (κ1) is 13.4. The summed E-state index contributed by atoms with van der Waals surface area (Å²) in [7, 11) is 0. The highest BCUT2D eigenvalue weighted by atomic mass is 35.5. The maximum absolute atomic E-state index is 13.3. The standard InChI is InChI=1S/C12H9ClF2N4/c1-7-9(12(13)17-6-16-7)5-18-19-11-3-2-8(14)4-10(11)15/h2-6,19H,1H3/b18-5-. The number of halogens is 3. The number of aromatic nitrogens is 2. The predicted octanol–water partition coefficient (Wildman–Crippen LogP) is 3.16. The highest BCUT2D eigenvalue weighted by molar-refractivity contribution is 6.31. The smallest absolute Gasteiger partial charge is 0.151 e. The fourth-order valence-corrected chi connectivity index (χ4v) is 1.58. The predicted molar refractivity (Wildman–Crippen MR) is 69.4 cm³/mol. The van der Waals surface area contributed by atoms with Crippen molar-refractivity contribution in [3.63, 3.8) is 0 Å². The van der Waals surface area contributed by atoms with Crippen LogP contribution < -0.4 is 5.43 Å². The van der Waals surface area contributed by atoms with Crippen LogP contribution in [0.3, 0.4) is 0 Å². The van der Waals surface area contributed by atoms with Gasteiger partial charge >= 0.3 is 0 Å². The van der Waals surface area contributed by atoms with E-state index in [2.05, 4.69) is 20.5 Å². The van der Waals surface area contributed by atoms with Crippen LogP contribution in [-0.4, -0.2) is 16.2 Å². The van der Waals surface area contributed by atoms with Crippen molar-refractivity contribution in [1.82, 2.24) is 9.97 Å². The minimum Gasteiger partial charge on any atom is -0.276 e. The summed E-state index contributed by atoms with van der Waals surface area (Å²) in [6.07, 6.45) is 2.71. The van der Waals surface area contributed by atoms with Crippen LogP contribution in [0.2, 0.25) is 5.15 Å². The van der Waals surface area contributed by atoms with Crippen molar-refractivity contribution < 1.29 is 8.78 Å². The summed E-state index contributed by atoms with van der Waals surface area (Å²) in [6.45, 7) is 1.74. The molecule has 0 saturated heterocycles. The van der Waals surface area contributed by atoms with Gasteiger partial charge in [-0.25, -0.2) is 18.7 Å². The molecule has 0 spiro atoms. The van der Waals surface area contributed by atoms with Crippen LogP contribution in [0.15, 0.2) is 29.6 Å². The van der Waals surface area contributed by atoms with Crippen molar-refractivity contribution in [3.05, 3.63) is 52.6 Å². The first-order valence-corrected chi connectivity index (χ1v) is 5.67. The van der Waals surface area contributed by atoms with Crippen LogP contribution in [0, 0.1) is 18.6 Å². The van der Waals surface area contributed by atoms with E-state index < -0.39 is 11.6 Å². The van der Waals surface area contributed by atoms with Crippen molar-refractivity contribution in [2.75, 3.05) is 5.43 Å². The lowest BCUT2D eigenvalue weighted by Gasteiger charge is -2.03. The van der Waals surface area contributed by atoms with E-state index in [1.54, 1.807) is 6.92 Å². The van der Waals surface area contributed by atoms with Crippen LogP contribution >= 0.6 is 11.6 Å². The lowest BCUT2D eigenvalue weighted by Crippen LogP contribution is -1.98. The lowest BCUT2D eigenvalue weighted by molar-refractivity contribution is 0.585. The van der Waals surface area contributed by atoms with E-state index in [-0.39, 0.29) is 10.8 Å². The average molecular weight is 283 g/mol. The van der Waals surface area contributed by atoms with Gasteiger partial charge in [-0.1, -0.05) is 11.6 Å². The molecule has 0 radical (unpaired) electrons. The number of nitrogens with one attached hydrogen (secondary N) is 1. The molecule has 7 heteroatoms. The highest BCUT2D eigenvalue weighted by Crippen LogP contribution is 2.15. The second-order valence-corrected chi connectivity index (χ2v) is 4.02. The van der Waals surface area contributed by atoms with E-state index in [0.29, 0.717) is 11.3 Å². The lowest BCUT2D eigenvalue weighted by atomic mass is 10.3. The van der Waals surface area contributed by atoms with Crippen LogP contribution in [0.5, 0.6) is 0 Å². The summed E-state index contributed by atoms with van der Waals surface area (Å²) in [5, 5.41) is 4.07. The van der Waals surface area contributed by atoms with Gasteiger partial charge in [0.05, 0.1) is 23.2 Å². The molecule has 1 aromatic heterocycles. The molecule has 1 heterocycles. The summed E-state index contributed by atoms with van der Waals surface area (Å²) in [5.74, 6) is -1.38. The van der Waals surface area contributed by atoms with E-state index in [9.17, 15) is 8.78 Å². The Morgan fingerprint density at radius 1 is 1.32 bits per heavy atom. The number of hydrogen-bond acceptors (Lipinski definition) is 4. The Morgan fingerprint density at radius 2 is 2.11 bits per heavy atom. The molecule has 0 amide bonds. The normalized spacial score (nSPS) is 10.9.